The van der Waals surface area contributed by atoms with Crippen molar-refractivity contribution in [3.05, 3.63) is 45.1 Å². The Bertz CT molecular complexity index is 856. The second-order valence-electron chi connectivity index (χ2n) is 4.69. The van der Waals surface area contributed by atoms with Crippen molar-refractivity contribution in [3.63, 3.8) is 0 Å². The van der Waals surface area contributed by atoms with Crippen LogP contribution in [0.25, 0.3) is 10.2 Å². The molecule has 0 radical (unpaired) electrons. The van der Waals surface area contributed by atoms with Crippen molar-refractivity contribution in [3.8, 4) is 0 Å². The molecule has 3 rings (SSSR count). The summed E-state index contributed by atoms with van der Waals surface area (Å²) in [6.07, 6.45) is -4.51. The molecule has 0 fully saturated rings. The minimum Gasteiger partial charge on any atom is -0.398 e. The molecule has 23 heavy (non-hydrogen) atoms. The molecular weight excluding hydrogens is 347 g/mol. The predicted molar refractivity (Wildman–Crippen MR) is 84.5 cm³/mol. The maximum atomic E-state index is 12.8. The molecular formula is C14H10F3N3OS2. The number of hydrogen-bond donors (Lipinski definition) is 2. The van der Waals surface area contributed by atoms with Crippen molar-refractivity contribution in [1.82, 2.24) is 10.3 Å². The number of hydrogen-bond acceptors (Lipinski definition) is 5. The molecule has 2 heterocycles. The van der Waals surface area contributed by atoms with Crippen LogP contribution in [0.1, 0.15) is 20.2 Å². The molecule has 0 saturated heterocycles. The van der Waals surface area contributed by atoms with E-state index in [0.717, 1.165) is 28.3 Å². The summed E-state index contributed by atoms with van der Waals surface area (Å²) in [6, 6.07) is 5.49. The third-order valence-electron chi connectivity index (χ3n) is 3.04. The summed E-state index contributed by atoms with van der Waals surface area (Å²) in [4.78, 5) is 17.0. The van der Waals surface area contributed by atoms with Gasteiger partial charge in [0.1, 0.15) is 0 Å². The molecule has 0 unspecified atom stereocenters. The fraction of sp³-hybridized carbons (Fsp3) is 0.143. The van der Waals surface area contributed by atoms with Crippen LogP contribution < -0.4 is 11.1 Å². The number of nitrogen functional groups attached to an aromatic ring is 1. The number of thiazole rings is 1. The average molecular weight is 357 g/mol. The number of nitrogens with one attached hydrogen (secondary N) is 1. The lowest BCUT2D eigenvalue weighted by Crippen LogP contribution is -2.21. The van der Waals surface area contributed by atoms with Crippen LogP contribution >= 0.6 is 22.7 Å². The quantitative estimate of drug-likeness (QED) is 0.699. The fourth-order valence-corrected chi connectivity index (χ4v) is 3.51. The number of alkyl halides is 3. The Labute approximate surface area is 136 Å². The minimum absolute atomic E-state index is 0.0374. The van der Waals surface area contributed by atoms with Gasteiger partial charge in [0.05, 0.1) is 28.0 Å². The highest BCUT2D eigenvalue weighted by Crippen LogP contribution is 2.36. The number of carbonyl (C=O) groups excluding carboxylic acids is 1. The summed E-state index contributed by atoms with van der Waals surface area (Å²) in [5, 5.41) is 4.66. The van der Waals surface area contributed by atoms with Gasteiger partial charge in [-0.1, -0.05) is 6.07 Å². The molecule has 2 aromatic heterocycles. The van der Waals surface area contributed by atoms with Gasteiger partial charge in [-0.05, 0) is 23.6 Å². The number of carbonyl (C=O) groups is 1. The summed E-state index contributed by atoms with van der Waals surface area (Å²) < 4.78 is 38.7. The normalized spacial score (nSPS) is 11.8. The van der Waals surface area contributed by atoms with E-state index in [0.29, 0.717) is 11.2 Å². The maximum absolute atomic E-state index is 12.8. The number of anilines is 1. The minimum atomic E-state index is -4.51. The number of benzene rings is 1. The number of rotatable bonds is 3. The Balaban J connectivity index is 1.87. The van der Waals surface area contributed by atoms with Gasteiger partial charge < -0.3 is 11.1 Å². The second kappa shape index (κ2) is 5.82. The first-order valence-electron chi connectivity index (χ1n) is 6.42. The standard InChI is InChI=1S/C14H10F3N3OS2/c15-14(16,17)7-4-9(18)11-10(5-7)20-13(23-11)12(21)19-6-8-2-1-3-22-8/h1-5H,6,18H2,(H,19,21). The number of amides is 1. The molecule has 0 bridgehead atoms. The molecule has 4 nitrogen and oxygen atoms in total. The molecule has 1 amide bonds. The molecule has 1 aromatic carbocycles. The predicted octanol–water partition coefficient (Wildman–Crippen LogP) is 3.89. The van der Waals surface area contributed by atoms with E-state index < -0.39 is 17.6 Å². The van der Waals surface area contributed by atoms with Crippen LogP contribution in [0.4, 0.5) is 18.9 Å². The Morgan fingerprint density at radius 1 is 1.35 bits per heavy atom. The van der Waals surface area contributed by atoms with E-state index in [1.807, 2.05) is 17.5 Å². The Morgan fingerprint density at radius 2 is 2.13 bits per heavy atom. The average Bonchev–Trinajstić information content (AvgIpc) is 3.13. The molecule has 0 spiro atoms. The Morgan fingerprint density at radius 3 is 2.78 bits per heavy atom. The SMILES string of the molecule is Nc1cc(C(F)(F)F)cc2nc(C(=O)NCc3cccs3)sc12. The summed E-state index contributed by atoms with van der Waals surface area (Å²) >= 11 is 2.47. The van der Waals surface area contributed by atoms with Crippen LogP contribution in [0.2, 0.25) is 0 Å². The zero-order valence-electron chi connectivity index (χ0n) is 11.5. The van der Waals surface area contributed by atoms with Crippen molar-refractivity contribution in [2.45, 2.75) is 12.7 Å². The monoisotopic (exact) mass is 357 g/mol. The topological polar surface area (TPSA) is 68.0 Å². The summed E-state index contributed by atoms with van der Waals surface area (Å²) in [6.45, 7) is 0.343. The molecule has 0 aliphatic carbocycles. The third kappa shape index (κ3) is 3.30. The van der Waals surface area contributed by atoms with Crippen molar-refractivity contribution in [2.75, 3.05) is 5.73 Å². The highest BCUT2D eigenvalue weighted by atomic mass is 32.1. The van der Waals surface area contributed by atoms with Crippen LogP contribution in [0.15, 0.2) is 29.6 Å². The molecule has 0 saturated carbocycles. The number of halogens is 3. The lowest BCUT2D eigenvalue weighted by Gasteiger charge is -2.07. The Kier molecular flexibility index (Phi) is 3.99. The second-order valence-corrected chi connectivity index (χ2v) is 6.72. The van der Waals surface area contributed by atoms with Crippen molar-refractivity contribution < 1.29 is 18.0 Å². The molecule has 3 N–H and O–H groups in total. The van der Waals surface area contributed by atoms with Gasteiger partial charge >= 0.3 is 6.18 Å². The van der Waals surface area contributed by atoms with E-state index in [-0.39, 0.29) is 16.2 Å². The highest BCUT2D eigenvalue weighted by molar-refractivity contribution is 7.20. The van der Waals surface area contributed by atoms with Gasteiger partial charge in [0.15, 0.2) is 5.01 Å². The van der Waals surface area contributed by atoms with E-state index in [2.05, 4.69) is 10.3 Å². The largest absolute Gasteiger partial charge is 0.416 e. The van der Waals surface area contributed by atoms with Gasteiger partial charge in [0.25, 0.3) is 5.91 Å². The number of nitrogens with zero attached hydrogens (tertiary/aromatic N) is 1. The number of fused-ring (bicyclic) bond motifs is 1. The highest BCUT2D eigenvalue weighted by Gasteiger charge is 2.32. The maximum Gasteiger partial charge on any atom is 0.416 e. The Hall–Kier alpha value is -2.13. The molecule has 0 aliphatic heterocycles. The number of nitrogens with two attached hydrogens (primary N) is 1. The van der Waals surface area contributed by atoms with Gasteiger partial charge in [-0.25, -0.2) is 4.98 Å². The van der Waals surface area contributed by atoms with Crippen molar-refractivity contribution in [1.29, 1.82) is 0 Å². The van der Waals surface area contributed by atoms with Crippen LogP contribution in [-0.2, 0) is 12.7 Å². The van der Waals surface area contributed by atoms with Gasteiger partial charge in [-0.3, -0.25) is 4.79 Å². The fourth-order valence-electron chi connectivity index (χ4n) is 1.98. The molecule has 120 valence electrons. The summed E-state index contributed by atoms with van der Waals surface area (Å²) in [7, 11) is 0. The van der Waals surface area contributed by atoms with Gasteiger partial charge in [0.2, 0.25) is 0 Å². The molecule has 9 heteroatoms. The first-order chi connectivity index (χ1) is 10.8. The molecule has 3 aromatic rings. The van der Waals surface area contributed by atoms with Crippen molar-refractivity contribution in [2.24, 2.45) is 0 Å². The van der Waals surface area contributed by atoms with Crippen LogP contribution in [-0.4, -0.2) is 10.9 Å². The molecule has 0 aliphatic rings. The van der Waals surface area contributed by atoms with Gasteiger partial charge in [-0.2, -0.15) is 13.2 Å². The lowest BCUT2D eigenvalue weighted by atomic mass is 10.2. The van der Waals surface area contributed by atoms with Crippen LogP contribution in [0.5, 0.6) is 0 Å². The van der Waals surface area contributed by atoms with Gasteiger partial charge in [-0.15, -0.1) is 22.7 Å². The lowest BCUT2D eigenvalue weighted by molar-refractivity contribution is -0.137. The first kappa shape index (κ1) is 15.8. The van der Waals surface area contributed by atoms with E-state index >= 15 is 0 Å². The summed E-state index contributed by atoms with van der Waals surface area (Å²) in [5.74, 6) is -0.437. The van der Waals surface area contributed by atoms with Crippen LogP contribution in [0, 0.1) is 0 Å². The van der Waals surface area contributed by atoms with E-state index in [4.69, 9.17) is 5.73 Å². The van der Waals surface area contributed by atoms with E-state index in [1.54, 1.807) is 0 Å². The van der Waals surface area contributed by atoms with E-state index in [9.17, 15) is 18.0 Å². The van der Waals surface area contributed by atoms with Crippen LogP contribution in [0.3, 0.4) is 0 Å². The number of thiophene rings is 1. The number of aromatic nitrogens is 1. The smallest absolute Gasteiger partial charge is 0.398 e. The first-order valence-corrected chi connectivity index (χ1v) is 8.12. The zero-order chi connectivity index (χ0) is 16.6. The van der Waals surface area contributed by atoms with Gasteiger partial charge in [0, 0.05) is 4.88 Å². The van der Waals surface area contributed by atoms with E-state index in [1.165, 1.54) is 11.3 Å². The summed E-state index contributed by atoms with van der Waals surface area (Å²) in [5.41, 5.74) is 4.82. The van der Waals surface area contributed by atoms with Crippen molar-refractivity contribution >= 4 is 44.5 Å². The third-order valence-corrected chi connectivity index (χ3v) is 5.04. The molecule has 0 atom stereocenters. The zero-order valence-corrected chi connectivity index (χ0v) is 13.1.